The van der Waals surface area contributed by atoms with E-state index >= 15 is 0 Å². The van der Waals surface area contributed by atoms with Gasteiger partial charge in [-0.25, -0.2) is 0 Å². The standard InChI is InChI=1S/C12H22N2O3S/c1-12(2,3)9(6-10(15)16)14-11(17)8-7-18-5-4-13-8/h8-9,13H,4-7H2,1-3H3,(H,14,17)(H,15,16). The highest BCUT2D eigenvalue weighted by atomic mass is 32.2. The third-order valence-electron chi connectivity index (χ3n) is 2.98. The first kappa shape index (κ1) is 15.3. The van der Waals surface area contributed by atoms with E-state index in [1.165, 1.54) is 0 Å². The smallest absolute Gasteiger partial charge is 0.305 e. The quantitative estimate of drug-likeness (QED) is 0.703. The monoisotopic (exact) mass is 274 g/mol. The predicted octanol–water partition coefficient (Wildman–Crippen LogP) is 0.697. The second-order valence-electron chi connectivity index (χ2n) is 5.61. The summed E-state index contributed by atoms with van der Waals surface area (Å²) in [5.74, 6) is 0.779. The molecule has 1 amide bonds. The number of carbonyl (C=O) groups excluding carboxylic acids is 1. The highest BCUT2D eigenvalue weighted by Gasteiger charge is 2.31. The van der Waals surface area contributed by atoms with Gasteiger partial charge in [-0.2, -0.15) is 11.8 Å². The van der Waals surface area contributed by atoms with Crippen LogP contribution < -0.4 is 10.6 Å². The highest BCUT2D eigenvalue weighted by molar-refractivity contribution is 7.99. The van der Waals surface area contributed by atoms with Crippen molar-refractivity contribution in [1.29, 1.82) is 0 Å². The Labute approximate surface area is 112 Å². The van der Waals surface area contributed by atoms with Crippen LogP contribution in [0.4, 0.5) is 0 Å². The van der Waals surface area contributed by atoms with E-state index in [9.17, 15) is 9.59 Å². The number of amides is 1. The Bertz CT molecular complexity index is 309. The zero-order chi connectivity index (χ0) is 13.8. The molecule has 6 heteroatoms. The lowest BCUT2D eigenvalue weighted by molar-refractivity contribution is -0.138. The van der Waals surface area contributed by atoms with E-state index in [1.54, 1.807) is 11.8 Å². The fourth-order valence-electron chi connectivity index (χ4n) is 1.75. The number of carbonyl (C=O) groups is 2. The van der Waals surface area contributed by atoms with Crippen LogP contribution in [0.3, 0.4) is 0 Å². The third kappa shape index (κ3) is 4.86. The summed E-state index contributed by atoms with van der Waals surface area (Å²) in [6, 6.07) is -0.557. The highest BCUT2D eigenvalue weighted by Crippen LogP contribution is 2.22. The summed E-state index contributed by atoms with van der Waals surface area (Å²) in [7, 11) is 0. The minimum absolute atomic E-state index is 0.0465. The number of aliphatic carboxylic acids is 1. The lowest BCUT2D eigenvalue weighted by Gasteiger charge is -2.32. The molecule has 0 bridgehead atoms. The topological polar surface area (TPSA) is 78.4 Å². The number of thioether (sulfide) groups is 1. The lowest BCUT2D eigenvalue weighted by atomic mass is 9.84. The van der Waals surface area contributed by atoms with Crippen LogP contribution >= 0.6 is 11.8 Å². The van der Waals surface area contributed by atoms with Crippen molar-refractivity contribution in [3.63, 3.8) is 0 Å². The van der Waals surface area contributed by atoms with Crippen LogP contribution in [-0.2, 0) is 9.59 Å². The molecule has 2 unspecified atom stereocenters. The molecule has 0 spiro atoms. The number of rotatable bonds is 4. The van der Waals surface area contributed by atoms with Crippen LogP contribution in [0.1, 0.15) is 27.2 Å². The van der Waals surface area contributed by atoms with E-state index in [0.717, 1.165) is 18.1 Å². The van der Waals surface area contributed by atoms with Crippen molar-refractivity contribution in [3.8, 4) is 0 Å². The average Bonchev–Trinajstić information content (AvgIpc) is 2.27. The van der Waals surface area contributed by atoms with Crippen LogP contribution in [0.15, 0.2) is 0 Å². The first-order valence-electron chi connectivity index (χ1n) is 6.14. The van der Waals surface area contributed by atoms with Gasteiger partial charge in [0.1, 0.15) is 0 Å². The molecule has 0 aromatic heterocycles. The van der Waals surface area contributed by atoms with Crippen molar-refractivity contribution in [2.45, 2.75) is 39.3 Å². The number of carboxylic acid groups (broad SMARTS) is 1. The van der Waals surface area contributed by atoms with Gasteiger partial charge in [-0.15, -0.1) is 0 Å². The largest absolute Gasteiger partial charge is 0.481 e. The molecule has 0 aliphatic carbocycles. The number of carboxylic acids is 1. The average molecular weight is 274 g/mol. The minimum atomic E-state index is -0.888. The molecular weight excluding hydrogens is 252 g/mol. The van der Waals surface area contributed by atoms with E-state index < -0.39 is 5.97 Å². The summed E-state index contributed by atoms with van der Waals surface area (Å²) >= 11 is 1.74. The molecule has 1 aliphatic rings. The zero-order valence-electron chi connectivity index (χ0n) is 11.2. The van der Waals surface area contributed by atoms with Crippen LogP contribution in [0.2, 0.25) is 0 Å². The van der Waals surface area contributed by atoms with E-state index in [0.29, 0.717) is 0 Å². The van der Waals surface area contributed by atoms with Crippen LogP contribution in [0.5, 0.6) is 0 Å². The van der Waals surface area contributed by atoms with Gasteiger partial charge in [-0.05, 0) is 5.41 Å². The summed E-state index contributed by atoms with van der Waals surface area (Å²) < 4.78 is 0. The SMILES string of the molecule is CC(C)(C)C(CC(=O)O)NC(=O)C1CSCCN1. The number of nitrogens with one attached hydrogen (secondary N) is 2. The molecule has 2 atom stereocenters. The molecule has 5 nitrogen and oxygen atoms in total. The van der Waals surface area contributed by atoms with Gasteiger partial charge in [0.25, 0.3) is 0 Å². The lowest BCUT2D eigenvalue weighted by Crippen LogP contribution is -2.54. The Kier molecular flexibility index (Phi) is 5.47. The molecule has 0 radical (unpaired) electrons. The third-order valence-corrected chi connectivity index (χ3v) is 4.04. The second-order valence-corrected chi connectivity index (χ2v) is 6.76. The molecule has 0 aromatic carbocycles. The molecule has 1 aliphatic heterocycles. The maximum Gasteiger partial charge on any atom is 0.305 e. The minimum Gasteiger partial charge on any atom is -0.481 e. The van der Waals surface area contributed by atoms with Crippen molar-refractivity contribution in [1.82, 2.24) is 10.6 Å². The molecule has 1 rings (SSSR count). The summed E-state index contributed by atoms with van der Waals surface area (Å²) in [4.78, 5) is 22.9. The van der Waals surface area contributed by atoms with Gasteiger partial charge >= 0.3 is 5.97 Å². The summed E-state index contributed by atoms with van der Waals surface area (Å²) in [5, 5.41) is 14.9. The van der Waals surface area contributed by atoms with Gasteiger partial charge in [-0.1, -0.05) is 20.8 Å². The molecule has 1 heterocycles. The van der Waals surface area contributed by atoms with E-state index in [-0.39, 0.29) is 29.8 Å². The first-order chi connectivity index (χ1) is 8.30. The molecule has 3 N–H and O–H groups in total. The Balaban J connectivity index is 2.59. The maximum atomic E-state index is 12.1. The van der Waals surface area contributed by atoms with Gasteiger partial charge in [0.2, 0.25) is 5.91 Å². The van der Waals surface area contributed by atoms with E-state index in [4.69, 9.17) is 5.11 Å². The van der Waals surface area contributed by atoms with Gasteiger partial charge in [-0.3, -0.25) is 9.59 Å². The van der Waals surface area contributed by atoms with Crippen LogP contribution in [-0.4, -0.2) is 47.1 Å². The molecule has 0 aromatic rings. The van der Waals surface area contributed by atoms with Crippen LogP contribution in [0.25, 0.3) is 0 Å². The Morgan fingerprint density at radius 2 is 2.17 bits per heavy atom. The summed E-state index contributed by atoms with van der Waals surface area (Å²) in [5.41, 5.74) is -0.268. The molecule has 104 valence electrons. The fourth-order valence-corrected chi connectivity index (χ4v) is 2.69. The van der Waals surface area contributed by atoms with Crippen LogP contribution in [0, 0.1) is 5.41 Å². The fraction of sp³-hybridized carbons (Fsp3) is 0.833. The normalized spacial score (nSPS) is 22.3. The zero-order valence-corrected chi connectivity index (χ0v) is 12.0. The second kappa shape index (κ2) is 6.43. The van der Waals surface area contributed by atoms with E-state index in [2.05, 4.69) is 10.6 Å². The van der Waals surface area contributed by atoms with Crippen molar-refractivity contribution in [2.24, 2.45) is 5.41 Å². The number of hydrogen-bond donors (Lipinski definition) is 3. The summed E-state index contributed by atoms with van der Waals surface area (Å²) in [6.07, 6.45) is -0.0465. The van der Waals surface area contributed by atoms with Crippen molar-refractivity contribution in [2.75, 3.05) is 18.1 Å². The van der Waals surface area contributed by atoms with Crippen molar-refractivity contribution in [3.05, 3.63) is 0 Å². The van der Waals surface area contributed by atoms with Crippen molar-refractivity contribution >= 4 is 23.6 Å². The van der Waals surface area contributed by atoms with Gasteiger partial charge in [0, 0.05) is 24.1 Å². The van der Waals surface area contributed by atoms with Gasteiger partial charge in [0.05, 0.1) is 12.5 Å². The molecule has 1 saturated heterocycles. The summed E-state index contributed by atoms with van der Waals surface area (Å²) in [6.45, 7) is 6.62. The molecule has 18 heavy (non-hydrogen) atoms. The Hall–Kier alpha value is -0.750. The molecular formula is C12H22N2O3S. The maximum absolute atomic E-state index is 12.1. The van der Waals surface area contributed by atoms with Crippen molar-refractivity contribution < 1.29 is 14.7 Å². The molecule has 1 fully saturated rings. The number of hydrogen-bond acceptors (Lipinski definition) is 4. The van der Waals surface area contributed by atoms with Gasteiger partial charge in [0.15, 0.2) is 0 Å². The van der Waals surface area contributed by atoms with E-state index in [1.807, 2.05) is 20.8 Å². The Morgan fingerprint density at radius 1 is 1.50 bits per heavy atom. The Morgan fingerprint density at radius 3 is 2.61 bits per heavy atom. The van der Waals surface area contributed by atoms with Gasteiger partial charge < -0.3 is 15.7 Å². The first-order valence-corrected chi connectivity index (χ1v) is 7.29. The predicted molar refractivity (Wildman–Crippen MR) is 72.8 cm³/mol. The molecule has 0 saturated carbocycles.